The molecule has 0 spiro atoms. The van der Waals surface area contributed by atoms with Crippen molar-refractivity contribution in [3.8, 4) is 0 Å². The van der Waals surface area contributed by atoms with Crippen LogP contribution in [0.5, 0.6) is 0 Å². The molecule has 350 valence electrons. The molecule has 0 aliphatic rings. The SMILES string of the molecule is CSCC[C@H](NC(=O)[C@H](Cc1c[nH]c2ccccc12)NC(=O)CNC(=O)[C@H](CCSC)NC(=O)[C@@H](N)COS(=O)(=O)O)C(=O)N[C@@H](CC(=O)O)C(=O)N[C@@H](Cc1ccccc1)C(N)=O. The minimum atomic E-state index is -4.90. The number of carboxylic acids is 1. The molecule has 1 aromatic heterocycles. The molecule has 0 unspecified atom stereocenters. The molecule has 0 aliphatic heterocycles. The zero-order valence-corrected chi connectivity index (χ0v) is 37.3. The largest absolute Gasteiger partial charge is 0.481 e. The van der Waals surface area contributed by atoms with E-state index in [0.717, 1.165) is 10.9 Å². The summed E-state index contributed by atoms with van der Waals surface area (Å²) in [5.74, 6) is -7.15. The van der Waals surface area contributed by atoms with Gasteiger partial charge < -0.3 is 53.5 Å². The highest BCUT2D eigenvalue weighted by Gasteiger charge is 2.33. The van der Waals surface area contributed by atoms with E-state index in [4.69, 9.17) is 16.0 Å². The van der Waals surface area contributed by atoms with E-state index in [9.17, 15) is 51.9 Å². The molecule has 0 bridgehead atoms. The zero-order valence-electron chi connectivity index (χ0n) is 34.9. The number of benzene rings is 2. The van der Waals surface area contributed by atoms with Crippen LogP contribution in [0.1, 0.15) is 30.4 Å². The van der Waals surface area contributed by atoms with Crippen molar-refractivity contribution in [1.29, 1.82) is 0 Å². The van der Waals surface area contributed by atoms with Crippen LogP contribution in [0, 0.1) is 0 Å². The highest BCUT2D eigenvalue weighted by Crippen LogP contribution is 2.19. The lowest BCUT2D eigenvalue weighted by Gasteiger charge is -2.26. The van der Waals surface area contributed by atoms with Gasteiger partial charge in [-0.05, 0) is 54.1 Å². The fourth-order valence-corrected chi connectivity index (χ4v) is 7.32. The average Bonchev–Trinajstić information content (AvgIpc) is 3.66. The van der Waals surface area contributed by atoms with Crippen LogP contribution in [-0.4, -0.2) is 144 Å². The minimum absolute atomic E-state index is 0.00335. The second-order valence-corrected chi connectivity index (χ2v) is 17.3. The van der Waals surface area contributed by atoms with Gasteiger partial charge in [0.25, 0.3) is 0 Å². The Kier molecular flexibility index (Phi) is 21.5. The van der Waals surface area contributed by atoms with Crippen molar-refractivity contribution < 1.29 is 60.6 Å². The molecule has 3 rings (SSSR count). The van der Waals surface area contributed by atoms with Gasteiger partial charge in [0.2, 0.25) is 41.4 Å². The van der Waals surface area contributed by atoms with Crippen LogP contribution in [-0.2, 0) is 65.8 Å². The molecule has 0 aliphatic carbocycles. The van der Waals surface area contributed by atoms with E-state index in [1.807, 2.05) is 0 Å². The first-order valence-electron chi connectivity index (χ1n) is 19.6. The Hall–Kier alpha value is -5.73. The lowest BCUT2D eigenvalue weighted by atomic mass is 10.0. The van der Waals surface area contributed by atoms with E-state index >= 15 is 0 Å². The number of nitrogens with one attached hydrogen (secondary N) is 7. The first-order valence-corrected chi connectivity index (χ1v) is 23.7. The Morgan fingerprint density at radius 3 is 1.88 bits per heavy atom. The van der Waals surface area contributed by atoms with Crippen molar-refractivity contribution in [3.05, 3.63) is 71.9 Å². The second kappa shape index (κ2) is 26.2. The van der Waals surface area contributed by atoms with Crippen molar-refractivity contribution >= 4 is 92.1 Å². The van der Waals surface area contributed by atoms with Crippen molar-refractivity contribution in [1.82, 2.24) is 36.9 Å². The standard InChI is InChI=1S/C39H53N9O13S3/c1-62-14-12-27(45-35(53)25(40)21-61-64(58,59)60)36(54)43-20-32(49)44-30(17-23-19-42-26-11-7-6-10-24(23)26)38(56)46-28(13-15-63-2)37(55)48-31(18-33(50)51)39(57)47-29(34(41)52)16-22-8-4-3-5-9-22/h3-11,19,25,27-31,42H,12-18,20-21,40H2,1-2H3,(H2,41,52)(H,43,54)(H,44,49)(H,45,53)(H,46,56)(H,47,57)(H,48,55)(H,50,51)(H,58,59,60)/t25-,27-,28-,29-,30-,31-/m0/s1. The van der Waals surface area contributed by atoms with E-state index in [2.05, 4.69) is 41.1 Å². The molecule has 22 nitrogen and oxygen atoms in total. The molecule has 25 heteroatoms. The van der Waals surface area contributed by atoms with Crippen LogP contribution in [0.3, 0.4) is 0 Å². The summed E-state index contributed by atoms with van der Waals surface area (Å²) in [5.41, 5.74) is 13.2. The monoisotopic (exact) mass is 951 g/mol. The summed E-state index contributed by atoms with van der Waals surface area (Å²) in [6.07, 6.45) is 4.14. The third-order valence-corrected chi connectivity index (χ3v) is 11.1. The van der Waals surface area contributed by atoms with E-state index < -0.39 is 114 Å². The number of rotatable bonds is 28. The first-order chi connectivity index (χ1) is 30.3. The molecule has 0 saturated heterocycles. The molecule has 0 radical (unpaired) electrons. The molecular weight excluding hydrogens is 899 g/mol. The van der Waals surface area contributed by atoms with Gasteiger partial charge in [0.05, 0.1) is 19.6 Å². The van der Waals surface area contributed by atoms with Crippen LogP contribution < -0.4 is 43.4 Å². The molecule has 0 fully saturated rings. The van der Waals surface area contributed by atoms with Gasteiger partial charge in [-0.15, -0.1) is 0 Å². The van der Waals surface area contributed by atoms with Gasteiger partial charge in [-0.2, -0.15) is 31.9 Å². The molecule has 2 aromatic carbocycles. The number of hydrogen-bond donors (Lipinski definition) is 11. The Balaban J connectivity index is 1.81. The van der Waals surface area contributed by atoms with Gasteiger partial charge in [-0.3, -0.25) is 42.9 Å². The van der Waals surface area contributed by atoms with Gasteiger partial charge in [0.15, 0.2) is 0 Å². The number of carbonyl (C=O) groups is 8. The summed E-state index contributed by atoms with van der Waals surface area (Å²) in [5, 5.41) is 25.1. The number of hydrogen-bond acceptors (Lipinski definition) is 14. The van der Waals surface area contributed by atoms with Crippen molar-refractivity contribution in [2.24, 2.45) is 11.5 Å². The molecule has 3 aromatic rings. The Morgan fingerprint density at radius 1 is 0.719 bits per heavy atom. The summed E-state index contributed by atoms with van der Waals surface area (Å²) in [6, 6.07) is 7.16. The quantitative estimate of drug-likeness (QED) is 0.0354. The molecule has 13 N–H and O–H groups in total. The van der Waals surface area contributed by atoms with Crippen molar-refractivity contribution in [3.63, 3.8) is 0 Å². The number of para-hydroxylation sites is 1. The summed E-state index contributed by atoms with van der Waals surface area (Å²) in [7, 11) is -4.90. The summed E-state index contributed by atoms with van der Waals surface area (Å²) < 4.78 is 34.7. The van der Waals surface area contributed by atoms with Crippen LogP contribution in [0.4, 0.5) is 0 Å². The number of amides is 7. The number of carbonyl (C=O) groups excluding carboxylic acids is 7. The summed E-state index contributed by atoms with van der Waals surface area (Å²) >= 11 is 2.66. The fourth-order valence-electron chi connectivity index (χ4n) is 6.06. The third-order valence-electron chi connectivity index (χ3n) is 9.35. The van der Waals surface area contributed by atoms with Crippen molar-refractivity contribution in [2.45, 2.75) is 68.4 Å². The molecule has 6 atom stereocenters. The maximum Gasteiger partial charge on any atom is 0.397 e. The lowest BCUT2D eigenvalue weighted by Crippen LogP contribution is -2.59. The number of H-pyrrole nitrogens is 1. The Bertz CT molecular complexity index is 2210. The topological polar surface area (TPSA) is 360 Å². The summed E-state index contributed by atoms with van der Waals surface area (Å²) in [4.78, 5) is 108. The number of aliphatic carboxylic acids is 1. The summed E-state index contributed by atoms with van der Waals surface area (Å²) in [6.45, 7) is -1.62. The highest BCUT2D eigenvalue weighted by atomic mass is 32.3. The normalized spacial score (nSPS) is 14.1. The molecule has 0 saturated carbocycles. The first kappa shape index (κ1) is 52.6. The average molecular weight is 952 g/mol. The number of primary amides is 1. The van der Waals surface area contributed by atoms with Crippen LogP contribution >= 0.6 is 23.5 Å². The van der Waals surface area contributed by atoms with Gasteiger partial charge in [0.1, 0.15) is 36.3 Å². The van der Waals surface area contributed by atoms with Gasteiger partial charge in [0, 0.05) is 29.9 Å². The zero-order chi connectivity index (χ0) is 47.4. The van der Waals surface area contributed by atoms with E-state index in [0.29, 0.717) is 22.6 Å². The van der Waals surface area contributed by atoms with Crippen LogP contribution in [0.2, 0.25) is 0 Å². The van der Waals surface area contributed by atoms with Gasteiger partial charge in [-0.1, -0.05) is 48.5 Å². The number of thioether (sulfide) groups is 2. The van der Waals surface area contributed by atoms with E-state index in [-0.39, 0.29) is 25.7 Å². The molecule has 64 heavy (non-hydrogen) atoms. The smallest absolute Gasteiger partial charge is 0.397 e. The highest BCUT2D eigenvalue weighted by molar-refractivity contribution is 7.98. The third kappa shape index (κ3) is 18.2. The molecular formula is C39H53N9O13S3. The van der Waals surface area contributed by atoms with Crippen LogP contribution in [0.15, 0.2) is 60.8 Å². The Morgan fingerprint density at radius 2 is 1.27 bits per heavy atom. The number of nitrogens with two attached hydrogens (primary N) is 2. The number of fused-ring (bicyclic) bond motifs is 1. The maximum absolute atomic E-state index is 14.1. The number of aromatic amines is 1. The maximum atomic E-state index is 14.1. The van der Waals surface area contributed by atoms with E-state index in [1.165, 1.54) is 23.5 Å². The predicted molar refractivity (Wildman–Crippen MR) is 238 cm³/mol. The fraction of sp³-hybridized carbons (Fsp3) is 0.436. The van der Waals surface area contributed by atoms with Gasteiger partial charge >= 0.3 is 16.4 Å². The number of aromatic nitrogens is 1. The lowest BCUT2D eigenvalue weighted by molar-refractivity contribution is -0.141. The van der Waals surface area contributed by atoms with Gasteiger partial charge in [-0.25, -0.2) is 4.18 Å². The number of carboxylic acid groups (broad SMARTS) is 1. The molecule has 7 amide bonds. The predicted octanol–water partition coefficient (Wildman–Crippen LogP) is -1.89. The van der Waals surface area contributed by atoms with Crippen molar-refractivity contribution in [2.75, 3.05) is 37.2 Å². The second-order valence-electron chi connectivity index (χ2n) is 14.2. The molecule has 1 heterocycles. The van der Waals surface area contributed by atoms with E-state index in [1.54, 1.807) is 73.3 Å². The Labute approximate surface area is 377 Å². The minimum Gasteiger partial charge on any atom is -0.481 e. The van der Waals surface area contributed by atoms with Crippen LogP contribution in [0.25, 0.3) is 10.9 Å².